The van der Waals surface area contributed by atoms with Crippen LogP contribution in [0.15, 0.2) is 30.3 Å². The highest BCUT2D eigenvalue weighted by Crippen LogP contribution is 2.00. The van der Waals surface area contributed by atoms with Crippen molar-refractivity contribution >= 4 is 0 Å². The molecule has 1 aromatic rings. The molecule has 0 atom stereocenters. The molecule has 0 bridgehead atoms. The molecule has 0 aliphatic carbocycles. The lowest BCUT2D eigenvalue weighted by Crippen LogP contribution is -2.13. The summed E-state index contributed by atoms with van der Waals surface area (Å²) in [5.41, 5.74) is 0.876. The maximum Gasteiger partial charge on any atom is 0.0987 e. The van der Waals surface area contributed by atoms with E-state index in [1.165, 1.54) is 0 Å². The molecular formula is C7H9NO3. The number of hydrogen-bond donors (Lipinski definition) is 2. The van der Waals surface area contributed by atoms with Gasteiger partial charge in [0.1, 0.15) is 0 Å². The Morgan fingerprint density at radius 3 is 2.36 bits per heavy atom. The molecule has 0 amide bonds. The van der Waals surface area contributed by atoms with Crippen molar-refractivity contribution in [3.63, 3.8) is 0 Å². The van der Waals surface area contributed by atoms with Gasteiger partial charge in [-0.25, -0.2) is 4.84 Å². The Morgan fingerprint density at radius 2 is 1.82 bits per heavy atom. The number of benzene rings is 1. The SMILES string of the molecule is ON(O)OCc1ccccc1. The van der Waals surface area contributed by atoms with Crippen molar-refractivity contribution in [3.05, 3.63) is 35.9 Å². The smallest absolute Gasteiger partial charge is 0.0987 e. The third-order valence-corrected chi connectivity index (χ3v) is 1.19. The molecule has 4 heteroatoms. The summed E-state index contributed by atoms with van der Waals surface area (Å²) in [5.74, 6) is 0. The molecule has 0 heterocycles. The van der Waals surface area contributed by atoms with E-state index in [0.717, 1.165) is 5.56 Å². The topological polar surface area (TPSA) is 52.9 Å². The number of nitrogens with zero attached hydrogens (tertiary/aromatic N) is 1. The molecule has 0 spiro atoms. The Morgan fingerprint density at radius 1 is 1.18 bits per heavy atom. The Hall–Kier alpha value is -0.940. The van der Waals surface area contributed by atoms with Crippen molar-refractivity contribution in [1.29, 1.82) is 0 Å². The molecule has 1 rings (SSSR count). The van der Waals surface area contributed by atoms with Crippen molar-refractivity contribution in [1.82, 2.24) is 5.39 Å². The lowest BCUT2D eigenvalue weighted by atomic mass is 10.2. The fourth-order valence-electron chi connectivity index (χ4n) is 0.707. The van der Waals surface area contributed by atoms with Crippen molar-refractivity contribution < 1.29 is 15.3 Å². The zero-order valence-electron chi connectivity index (χ0n) is 5.84. The molecule has 4 nitrogen and oxygen atoms in total. The van der Waals surface area contributed by atoms with Gasteiger partial charge in [0, 0.05) is 0 Å². The molecule has 0 unspecified atom stereocenters. The average molecular weight is 155 g/mol. The second-order valence-corrected chi connectivity index (χ2v) is 2.01. The summed E-state index contributed by atoms with van der Waals surface area (Å²) in [6.45, 7) is 0.147. The van der Waals surface area contributed by atoms with Gasteiger partial charge in [-0.15, -0.1) is 0 Å². The number of hydrogen-bond acceptors (Lipinski definition) is 4. The molecule has 60 valence electrons. The minimum absolute atomic E-state index is 0.147. The molecule has 11 heavy (non-hydrogen) atoms. The van der Waals surface area contributed by atoms with Crippen LogP contribution in [0, 0.1) is 0 Å². The van der Waals surface area contributed by atoms with E-state index in [4.69, 9.17) is 10.4 Å². The van der Waals surface area contributed by atoms with Gasteiger partial charge in [-0.1, -0.05) is 30.3 Å². The van der Waals surface area contributed by atoms with E-state index < -0.39 is 0 Å². The second-order valence-electron chi connectivity index (χ2n) is 2.01. The van der Waals surface area contributed by atoms with Crippen LogP contribution in [0.25, 0.3) is 0 Å². The number of rotatable bonds is 3. The summed E-state index contributed by atoms with van der Waals surface area (Å²) < 4.78 is 0. The predicted molar refractivity (Wildman–Crippen MR) is 36.6 cm³/mol. The van der Waals surface area contributed by atoms with Crippen LogP contribution in [0.2, 0.25) is 0 Å². The van der Waals surface area contributed by atoms with Gasteiger partial charge < -0.3 is 0 Å². The van der Waals surface area contributed by atoms with Gasteiger partial charge in [-0.2, -0.15) is 0 Å². The standard InChI is InChI=1S/C7H9NO3/c9-8(10)11-6-7-4-2-1-3-5-7/h1-5,9-10H,6H2. The van der Waals surface area contributed by atoms with E-state index >= 15 is 0 Å². The zero-order valence-corrected chi connectivity index (χ0v) is 5.84. The minimum Gasteiger partial charge on any atom is -0.266 e. The quantitative estimate of drug-likeness (QED) is 0.644. The highest BCUT2D eigenvalue weighted by Gasteiger charge is 1.94. The lowest BCUT2D eigenvalue weighted by Gasteiger charge is -2.05. The van der Waals surface area contributed by atoms with Crippen molar-refractivity contribution in [2.24, 2.45) is 0 Å². The molecule has 0 aromatic heterocycles. The first-order valence-electron chi connectivity index (χ1n) is 3.14. The summed E-state index contributed by atoms with van der Waals surface area (Å²) in [4.78, 5) is 4.37. The van der Waals surface area contributed by atoms with Crippen LogP contribution in [0.4, 0.5) is 0 Å². The van der Waals surface area contributed by atoms with Gasteiger partial charge in [0.05, 0.1) is 12.0 Å². The van der Waals surface area contributed by atoms with Crippen LogP contribution in [0.5, 0.6) is 0 Å². The van der Waals surface area contributed by atoms with Crippen LogP contribution in [0.3, 0.4) is 0 Å². The minimum atomic E-state index is -0.299. The fraction of sp³-hybridized carbons (Fsp3) is 0.143. The maximum atomic E-state index is 8.18. The maximum absolute atomic E-state index is 8.18. The zero-order chi connectivity index (χ0) is 8.10. The first kappa shape index (κ1) is 8.16. The van der Waals surface area contributed by atoms with Crippen LogP contribution >= 0.6 is 0 Å². The Labute approximate surface area is 64.1 Å². The van der Waals surface area contributed by atoms with Crippen molar-refractivity contribution in [3.8, 4) is 0 Å². The molecule has 1 aromatic carbocycles. The van der Waals surface area contributed by atoms with Crippen molar-refractivity contribution in [2.45, 2.75) is 6.61 Å². The van der Waals surface area contributed by atoms with Gasteiger partial charge in [-0.3, -0.25) is 10.4 Å². The largest absolute Gasteiger partial charge is 0.266 e. The van der Waals surface area contributed by atoms with E-state index in [9.17, 15) is 0 Å². The van der Waals surface area contributed by atoms with E-state index in [0.29, 0.717) is 0 Å². The van der Waals surface area contributed by atoms with Gasteiger partial charge in [0.2, 0.25) is 0 Å². The second kappa shape index (κ2) is 4.05. The van der Waals surface area contributed by atoms with Crippen LogP contribution < -0.4 is 0 Å². The molecule has 0 aliphatic heterocycles. The normalized spacial score (nSPS) is 10.5. The molecule has 0 radical (unpaired) electrons. The van der Waals surface area contributed by atoms with Crippen LogP contribution in [0.1, 0.15) is 5.56 Å². The molecule has 2 N–H and O–H groups in total. The van der Waals surface area contributed by atoms with Gasteiger partial charge >= 0.3 is 0 Å². The molecule has 0 saturated carbocycles. The van der Waals surface area contributed by atoms with E-state index in [-0.39, 0.29) is 12.0 Å². The predicted octanol–water partition coefficient (Wildman–Crippen LogP) is 1.20. The molecular weight excluding hydrogens is 146 g/mol. The third-order valence-electron chi connectivity index (χ3n) is 1.19. The molecule has 0 fully saturated rings. The van der Waals surface area contributed by atoms with Crippen molar-refractivity contribution in [2.75, 3.05) is 0 Å². The van der Waals surface area contributed by atoms with Gasteiger partial charge in [0.25, 0.3) is 0 Å². The highest BCUT2D eigenvalue weighted by molar-refractivity contribution is 5.13. The van der Waals surface area contributed by atoms with Gasteiger partial charge in [0.15, 0.2) is 0 Å². The molecule has 0 aliphatic rings. The molecule has 0 saturated heterocycles. The summed E-state index contributed by atoms with van der Waals surface area (Å²) in [6, 6.07) is 9.21. The first-order valence-corrected chi connectivity index (χ1v) is 3.14. The summed E-state index contributed by atoms with van der Waals surface area (Å²) in [7, 11) is 0. The summed E-state index contributed by atoms with van der Waals surface area (Å²) >= 11 is 0. The Balaban J connectivity index is 2.39. The van der Waals surface area contributed by atoms with E-state index in [1.54, 1.807) is 0 Å². The fourth-order valence-corrected chi connectivity index (χ4v) is 0.707. The monoisotopic (exact) mass is 155 g/mol. The first-order chi connectivity index (χ1) is 5.29. The van der Waals surface area contributed by atoms with Crippen LogP contribution in [-0.4, -0.2) is 15.8 Å². The van der Waals surface area contributed by atoms with E-state index in [2.05, 4.69) is 4.84 Å². The Kier molecular flexibility index (Phi) is 3.00. The summed E-state index contributed by atoms with van der Waals surface area (Å²) in [6.07, 6.45) is 0. The Bertz CT molecular complexity index is 200. The third kappa shape index (κ3) is 3.10. The highest BCUT2D eigenvalue weighted by atomic mass is 17.1. The van der Waals surface area contributed by atoms with Gasteiger partial charge in [-0.05, 0) is 5.56 Å². The van der Waals surface area contributed by atoms with Crippen LogP contribution in [-0.2, 0) is 11.4 Å². The average Bonchev–Trinajstić information content (AvgIpc) is 2.03. The lowest BCUT2D eigenvalue weighted by molar-refractivity contribution is -0.497. The van der Waals surface area contributed by atoms with E-state index in [1.807, 2.05) is 30.3 Å². The summed E-state index contributed by atoms with van der Waals surface area (Å²) in [5, 5.41) is 16.1.